The third-order valence-corrected chi connectivity index (χ3v) is 19.6. The van der Waals surface area contributed by atoms with Gasteiger partial charge in [-0.3, -0.25) is 18.7 Å². The Morgan fingerprint density at radius 3 is 1.56 bits per heavy atom. The van der Waals surface area contributed by atoms with Gasteiger partial charge in [0, 0.05) is 36.5 Å². The highest BCUT2D eigenvalue weighted by molar-refractivity contribution is 6.99. The lowest BCUT2D eigenvalue weighted by atomic mass is 9.95. The Morgan fingerprint density at radius 2 is 1.08 bits per heavy atom. The van der Waals surface area contributed by atoms with Crippen LogP contribution in [0.4, 0.5) is 0 Å². The predicted octanol–water partition coefficient (Wildman–Crippen LogP) is 7.75. The first-order valence-electron chi connectivity index (χ1n) is 26.5. The number of hydrogen-bond acceptors (Lipinski definition) is 12. The Balaban J connectivity index is 0.962. The van der Waals surface area contributed by atoms with Crippen LogP contribution in [0.25, 0.3) is 0 Å². The molecule has 2 aliphatic rings. The molecule has 0 saturated carbocycles. The molecule has 0 bridgehead atoms. The maximum absolute atomic E-state index is 14.3. The van der Waals surface area contributed by atoms with Crippen molar-refractivity contribution in [3.8, 4) is 0 Å². The summed E-state index contributed by atoms with van der Waals surface area (Å²) >= 11 is 0. The molecule has 5 aromatic carbocycles. The number of esters is 1. The lowest BCUT2D eigenvalue weighted by molar-refractivity contribution is -0.178. The van der Waals surface area contributed by atoms with Gasteiger partial charge in [0.15, 0.2) is 12.4 Å². The van der Waals surface area contributed by atoms with E-state index in [4.69, 9.17) is 32.8 Å². The Labute approximate surface area is 454 Å². The minimum atomic E-state index is -3.04. The van der Waals surface area contributed by atoms with Gasteiger partial charge >= 0.3 is 17.3 Å². The van der Waals surface area contributed by atoms with E-state index in [2.05, 4.69) is 45.0 Å². The molecule has 0 radical (unpaired) electrons. The van der Waals surface area contributed by atoms with Crippen LogP contribution in [0.1, 0.15) is 91.5 Å². The van der Waals surface area contributed by atoms with E-state index in [9.17, 15) is 24.0 Å². The third kappa shape index (κ3) is 12.6. The molecule has 2 fully saturated rings. The summed E-state index contributed by atoms with van der Waals surface area (Å²) in [5.74, 6) is -0.743. The maximum Gasteiger partial charge on any atom is 0.338 e. The highest BCUT2D eigenvalue weighted by Gasteiger charge is 2.51. The van der Waals surface area contributed by atoms with Crippen molar-refractivity contribution >= 4 is 24.7 Å². The molecular weight excluding hydrogens is 1010 g/mol. The molecular formula is C61H68N4O12Si. The highest BCUT2D eigenvalue weighted by Crippen LogP contribution is 2.41. The quantitative estimate of drug-likeness (QED) is 0.0368. The molecule has 2 saturated heterocycles. The molecule has 0 spiro atoms. The van der Waals surface area contributed by atoms with E-state index in [0.29, 0.717) is 36.0 Å². The van der Waals surface area contributed by atoms with E-state index in [1.807, 2.05) is 97.1 Å². The van der Waals surface area contributed by atoms with Crippen molar-refractivity contribution in [2.24, 2.45) is 5.92 Å². The van der Waals surface area contributed by atoms with Gasteiger partial charge < -0.3 is 32.8 Å². The van der Waals surface area contributed by atoms with Crippen molar-refractivity contribution < 1.29 is 37.6 Å². The molecule has 2 aliphatic heterocycles. The largest absolute Gasteiger partial charge is 0.453 e. The van der Waals surface area contributed by atoms with Gasteiger partial charge in [-0.1, -0.05) is 160 Å². The minimum absolute atomic E-state index is 0.0546. The van der Waals surface area contributed by atoms with E-state index in [1.54, 1.807) is 50.4 Å². The van der Waals surface area contributed by atoms with Gasteiger partial charge in [-0.05, 0) is 77.7 Å². The first-order valence-corrected chi connectivity index (χ1v) is 28.4. The van der Waals surface area contributed by atoms with Crippen LogP contribution in [0.5, 0.6) is 0 Å². The number of carbonyl (C=O) groups is 1. The molecule has 0 unspecified atom stereocenters. The van der Waals surface area contributed by atoms with Gasteiger partial charge in [-0.15, -0.1) is 0 Å². The minimum Gasteiger partial charge on any atom is -0.453 e. The Morgan fingerprint density at radius 1 is 0.615 bits per heavy atom. The van der Waals surface area contributed by atoms with Crippen molar-refractivity contribution in [2.45, 2.75) is 123 Å². The second kappa shape index (κ2) is 25.1. The van der Waals surface area contributed by atoms with E-state index in [-0.39, 0.29) is 57.3 Å². The molecule has 408 valence electrons. The molecule has 7 aromatic rings. The summed E-state index contributed by atoms with van der Waals surface area (Å²) < 4.78 is 50.1. The number of ether oxygens (including phenoxy) is 6. The molecule has 78 heavy (non-hydrogen) atoms. The van der Waals surface area contributed by atoms with Gasteiger partial charge in [0.2, 0.25) is 0 Å². The van der Waals surface area contributed by atoms with E-state index in [1.165, 1.54) is 15.3 Å². The van der Waals surface area contributed by atoms with Crippen LogP contribution < -0.4 is 32.9 Å². The average molecular weight is 1080 g/mol. The Bertz CT molecular complexity index is 3310. The average Bonchev–Trinajstić information content (AvgIpc) is 4.17. The molecule has 6 atom stereocenters. The van der Waals surface area contributed by atoms with Crippen LogP contribution in [0, 0.1) is 19.8 Å². The highest BCUT2D eigenvalue weighted by atomic mass is 28.4. The van der Waals surface area contributed by atoms with Crippen LogP contribution >= 0.6 is 0 Å². The van der Waals surface area contributed by atoms with Crippen molar-refractivity contribution in [3.05, 3.63) is 234 Å². The summed E-state index contributed by atoms with van der Waals surface area (Å²) in [7, 11) is -3.04. The molecule has 0 amide bonds. The number of carbonyl (C=O) groups excluding carboxylic acids is 1. The van der Waals surface area contributed by atoms with Crippen molar-refractivity contribution in [3.63, 3.8) is 0 Å². The molecule has 17 heteroatoms. The predicted molar refractivity (Wildman–Crippen MR) is 297 cm³/mol. The monoisotopic (exact) mass is 1080 g/mol. The zero-order chi connectivity index (χ0) is 54.8. The second-order valence-corrected chi connectivity index (χ2v) is 25.3. The molecule has 0 aliphatic carbocycles. The molecule has 0 N–H and O–H groups in total. The number of benzene rings is 5. The maximum atomic E-state index is 14.3. The van der Waals surface area contributed by atoms with Crippen molar-refractivity contribution in [2.75, 3.05) is 13.2 Å². The number of hydrogen-bond donors (Lipinski definition) is 0. The van der Waals surface area contributed by atoms with Crippen LogP contribution in [-0.2, 0) is 59.5 Å². The van der Waals surface area contributed by atoms with Crippen molar-refractivity contribution in [1.82, 2.24) is 18.3 Å². The Hall–Kier alpha value is -7.09. The van der Waals surface area contributed by atoms with E-state index in [0.717, 1.165) is 30.6 Å². The summed E-state index contributed by atoms with van der Waals surface area (Å²) in [6.07, 6.45) is 0.328. The number of nitrogens with zero attached hydrogens (tertiary/aromatic N) is 4. The third-order valence-electron chi connectivity index (χ3n) is 14.6. The summed E-state index contributed by atoms with van der Waals surface area (Å²) in [6.45, 7) is 10.2. The standard InChI is InChI=1S/C61H68N4O12Si/c1-43-36-62(59(69)64(55(43)66)41-71-38-45-22-11-6-12-23-45)53-34-48(52(75-53)40-74-78(61(3,4)5,49-29-17-9-18-30-49)50-31-19-10-20-32-50)28-21-33-73-58-51(76-57(68)47-26-15-8-16-27-47)35-54(77-58)63-37-44(2)56(67)65(60(63)70)42-72-39-46-24-13-7-14-25-46/h6-20,22-27,29-32,36-37,48,51-54,58H,21,28,33-35,38-42H2,1-5H3/t48-,51-,52+,53+,54+,58-/m0/s1. The number of aryl methyl sites for hydroxylation is 2. The summed E-state index contributed by atoms with van der Waals surface area (Å²) in [5, 5.41) is 1.90. The lowest BCUT2D eigenvalue weighted by Gasteiger charge is -2.43. The van der Waals surface area contributed by atoms with Gasteiger partial charge in [-0.2, -0.15) is 0 Å². The first kappa shape index (κ1) is 55.7. The molecule has 2 aromatic heterocycles. The van der Waals surface area contributed by atoms with E-state index < -0.39 is 67.7 Å². The normalized spacial score (nSPS) is 19.5. The van der Waals surface area contributed by atoms with Crippen LogP contribution in [0.15, 0.2) is 183 Å². The van der Waals surface area contributed by atoms with Gasteiger partial charge in [0.25, 0.3) is 19.4 Å². The van der Waals surface area contributed by atoms with Gasteiger partial charge in [-0.25, -0.2) is 23.5 Å². The van der Waals surface area contributed by atoms with Crippen LogP contribution in [0.2, 0.25) is 5.04 Å². The van der Waals surface area contributed by atoms with Crippen LogP contribution in [-0.4, -0.2) is 64.3 Å². The SMILES string of the molecule is Cc1cn([C@H]2C[C@H](OC(=O)c3ccccc3)[C@@H](OCCC[C@H]3C[C@H](n4cc(C)c(=O)n(COCc5ccccc5)c4=O)O[C@@H]3CO[Si](c3ccccc3)(c3ccccc3)C(C)(C)C)O2)c(=O)n(COCc2ccccc2)c1=O. The fourth-order valence-electron chi connectivity index (χ4n) is 10.6. The number of rotatable bonds is 22. The smallest absolute Gasteiger partial charge is 0.338 e. The topological polar surface area (TPSA) is 170 Å². The van der Waals surface area contributed by atoms with E-state index >= 15 is 0 Å². The summed E-state index contributed by atoms with van der Waals surface area (Å²) in [6, 6.07) is 48.3. The first-order chi connectivity index (χ1) is 37.7. The lowest BCUT2D eigenvalue weighted by Crippen LogP contribution is -2.67. The van der Waals surface area contributed by atoms with Gasteiger partial charge in [0.1, 0.15) is 25.9 Å². The second-order valence-electron chi connectivity index (χ2n) is 21.0. The number of aromatic nitrogens is 4. The van der Waals surface area contributed by atoms with Crippen LogP contribution in [0.3, 0.4) is 0 Å². The summed E-state index contributed by atoms with van der Waals surface area (Å²) in [5.41, 5.74) is 0.650. The fourth-order valence-corrected chi connectivity index (χ4v) is 15.2. The van der Waals surface area contributed by atoms with Crippen molar-refractivity contribution in [1.29, 1.82) is 0 Å². The zero-order valence-corrected chi connectivity index (χ0v) is 45.8. The molecule has 16 nitrogen and oxygen atoms in total. The Kier molecular flexibility index (Phi) is 17.9. The molecule has 9 rings (SSSR count). The zero-order valence-electron chi connectivity index (χ0n) is 44.8. The summed E-state index contributed by atoms with van der Waals surface area (Å²) in [4.78, 5) is 68.8. The molecule has 4 heterocycles. The van der Waals surface area contributed by atoms with Gasteiger partial charge in [0.05, 0.1) is 31.5 Å². The fraction of sp³-hybridized carbons (Fsp3) is 0.361.